The Morgan fingerprint density at radius 2 is 1.27 bits per heavy atom. The molecule has 1 amide bonds. The molecule has 0 saturated heterocycles. The van der Waals surface area contributed by atoms with E-state index in [1.807, 2.05) is 33.3 Å². The molecule has 0 rings (SSSR count). The first-order valence-corrected chi connectivity index (χ1v) is 21.4. The van der Waals surface area contributed by atoms with E-state index in [1.54, 1.807) is 6.08 Å². The Hall–Kier alpha value is -2.10. The van der Waals surface area contributed by atoms with Gasteiger partial charge in [-0.2, -0.15) is 0 Å². The van der Waals surface area contributed by atoms with E-state index in [-0.39, 0.29) is 31.6 Å². The molecule has 4 N–H and O–H groups in total. The minimum Gasteiger partial charge on any atom is -0.393 e. The summed E-state index contributed by atoms with van der Waals surface area (Å²) in [6, 6.07) is -0.904. The average Bonchev–Trinajstić information content (AvgIpc) is 3.08. The van der Waals surface area contributed by atoms with Crippen LogP contribution in [0.1, 0.15) is 129 Å². The van der Waals surface area contributed by atoms with E-state index in [0.717, 1.165) is 64.2 Å². The molecule has 0 aromatic rings. The number of rotatable bonds is 34. The molecular formula is C42H76N2O7P+. The fourth-order valence-electron chi connectivity index (χ4n) is 5.00. The molecule has 0 radical (unpaired) electrons. The number of hydrogen-bond acceptors (Lipinski definition) is 6. The SMILES string of the molecule is CCCCCCCC/C=C\CC/C=C/[C@@H](O)[C@H](COP(=O)(O)OCC[N+](C)(C)C)NC(=O)CCC/C=C\C/C=C\C/C=C\C/C=C\CC(O)CCC. The number of nitrogens with zero attached hydrogens (tertiary/aromatic N) is 1. The molecule has 0 fully saturated rings. The Labute approximate surface area is 317 Å². The second kappa shape index (κ2) is 33.5. The molecule has 0 aliphatic rings. The van der Waals surface area contributed by atoms with Crippen molar-refractivity contribution in [2.45, 2.75) is 148 Å². The van der Waals surface area contributed by atoms with E-state index in [9.17, 15) is 24.5 Å². The zero-order chi connectivity index (χ0) is 38.8. The minimum absolute atomic E-state index is 0.0354. The number of hydrogen-bond donors (Lipinski definition) is 4. The van der Waals surface area contributed by atoms with Crippen molar-refractivity contribution in [1.82, 2.24) is 5.32 Å². The van der Waals surface area contributed by atoms with Gasteiger partial charge >= 0.3 is 7.82 Å². The smallest absolute Gasteiger partial charge is 0.393 e. The molecule has 52 heavy (non-hydrogen) atoms. The molecule has 0 bridgehead atoms. The van der Waals surface area contributed by atoms with Gasteiger partial charge in [0.05, 0.1) is 46.0 Å². The van der Waals surface area contributed by atoms with Gasteiger partial charge in [0.2, 0.25) is 5.91 Å². The first-order valence-electron chi connectivity index (χ1n) is 19.9. The molecule has 0 heterocycles. The van der Waals surface area contributed by atoms with Crippen LogP contribution in [0.3, 0.4) is 0 Å². The summed E-state index contributed by atoms with van der Waals surface area (Å²) in [6.45, 7) is 4.49. The van der Waals surface area contributed by atoms with Crippen LogP contribution >= 0.6 is 7.82 Å². The summed E-state index contributed by atoms with van der Waals surface area (Å²) in [6.07, 6.45) is 40.4. The van der Waals surface area contributed by atoms with Gasteiger partial charge in [-0.05, 0) is 70.6 Å². The summed E-state index contributed by atoms with van der Waals surface area (Å²) in [5.41, 5.74) is 0. The number of allylic oxidation sites excluding steroid dienone is 10. The molecule has 0 spiro atoms. The second-order valence-corrected chi connectivity index (χ2v) is 15.9. The Morgan fingerprint density at radius 3 is 1.92 bits per heavy atom. The number of phosphoric ester groups is 1. The minimum atomic E-state index is -4.37. The van der Waals surface area contributed by atoms with Crippen LogP contribution in [0.2, 0.25) is 0 Å². The molecule has 0 aromatic heterocycles. The molecule has 0 saturated carbocycles. The van der Waals surface area contributed by atoms with Crippen LogP contribution in [0.5, 0.6) is 0 Å². The Bertz CT molecular complexity index is 1090. The predicted octanol–water partition coefficient (Wildman–Crippen LogP) is 9.43. The van der Waals surface area contributed by atoms with Gasteiger partial charge in [0.1, 0.15) is 13.2 Å². The van der Waals surface area contributed by atoms with Crippen LogP contribution in [-0.4, -0.2) is 84.6 Å². The summed E-state index contributed by atoms with van der Waals surface area (Å²) < 4.78 is 23.4. The van der Waals surface area contributed by atoms with Crippen LogP contribution in [-0.2, 0) is 18.4 Å². The van der Waals surface area contributed by atoms with E-state index in [4.69, 9.17) is 9.05 Å². The van der Waals surface area contributed by atoms with Gasteiger partial charge in [-0.15, -0.1) is 0 Å². The summed E-state index contributed by atoms with van der Waals surface area (Å²) in [7, 11) is 1.48. The lowest BCUT2D eigenvalue weighted by Gasteiger charge is -2.25. The number of carbonyl (C=O) groups excluding carboxylic acids is 1. The Balaban J connectivity index is 4.68. The number of nitrogens with one attached hydrogen (secondary N) is 1. The number of likely N-dealkylation sites (N-methyl/N-ethyl adjacent to an activating group) is 1. The molecule has 0 aliphatic carbocycles. The van der Waals surface area contributed by atoms with Crippen molar-refractivity contribution in [2.24, 2.45) is 0 Å². The van der Waals surface area contributed by atoms with Gasteiger partial charge in [0, 0.05) is 6.42 Å². The zero-order valence-electron chi connectivity index (χ0n) is 33.4. The van der Waals surface area contributed by atoms with Crippen molar-refractivity contribution >= 4 is 13.7 Å². The molecule has 10 heteroatoms. The molecule has 9 nitrogen and oxygen atoms in total. The third-order valence-electron chi connectivity index (χ3n) is 8.20. The number of unbranched alkanes of at least 4 members (excludes halogenated alkanes) is 8. The molecule has 0 aromatic carbocycles. The van der Waals surface area contributed by atoms with Crippen LogP contribution in [0, 0.1) is 0 Å². The first-order chi connectivity index (χ1) is 24.9. The van der Waals surface area contributed by atoms with Crippen molar-refractivity contribution < 1.29 is 38.0 Å². The molecule has 2 unspecified atom stereocenters. The maximum atomic E-state index is 12.8. The van der Waals surface area contributed by atoms with Crippen molar-refractivity contribution in [3.63, 3.8) is 0 Å². The third kappa shape index (κ3) is 35.0. The highest BCUT2D eigenvalue weighted by Crippen LogP contribution is 2.43. The summed E-state index contributed by atoms with van der Waals surface area (Å²) in [5, 5.41) is 23.4. The molecule has 300 valence electrons. The zero-order valence-corrected chi connectivity index (χ0v) is 34.3. The van der Waals surface area contributed by atoms with Crippen LogP contribution < -0.4 is 5.32 Å². The summed E-state index contributed by atoms with van der Waals surface area (Å²) in [4.78, 5) is 23.0. The maximum Gasteiger partial charge on any atom is 0.472 e. The molecule has 0 aliphatic heterocycles. The van der Waals surface area contributed by atoms with Gasteiger partial charge < -0.3 is 24.9 Å². The van der Waals surface area contributed by atoms with E-state index in [0.29, 0.717) is 17.4 Å². The predicted molar refractivity (Wildman–Crippen MR) is 218 cm³/mol. The number of quaternary nitrogens is 1. The molecular weight excluding hydrogens is 675 g/mol. The van der Waals surface area contributed by atoms with E-state index >= 15 is 0 Å². The summed E-state index contributed by atoms with van der Waals surface area (Å²) in [5.74, 6) is -0.260. The van der Waals surface area contributed by atoms with Crippen molar-refractivity contribution in [2.75, 3.05) is 40.9 Å². The van der Waals surface area contributed by atoms with Crippen LogP contribution in [0.25, 0.3) is 0 Å². The monoisotopic (exact) mass is 752 g/mol. The standard InChI is InChI=1S/C42H75N2O7P/c1-6-8-9-10-11-12-13-18-21-24-27-30-34-41(46)40(38-51-52(48,49)50-37-36-44(3,4)5)43-42(47)35-31-28-25-22-19-16-14-15-17-20-23-26-29-33-39(45)32-7-2/h14,16-18,20-22,25-26,29-30,34,39-41,45-46H,6-13,15,19,23-24,27-28,31-33,35-38H2,1-5H3,(H-,43,47,48,49)/p+1/b16-14-,20-17-,21-18-,25-22-,29-26-,34-30+/t39?,40-,41+/m0/s1. The van der Waals surface area contributed by atoms with Crippen molar-refractivity contribution in [1.29, 1.82) is 0 Å². The number of carbonyl (C=O) groups is 1. The topological polar surface area (TPSA) is 125 Å². The molecule has 4 atom stereocenters. The van der Waals surface area contributed by atoms with Gasteiger partial charge in [0.25, 0.3) is 0 Å². The van der Waals surface area contributed by atoms with E-state index < -0.39 is 20.0 Å². The van der Waals surface area contributed by atoms with Crippen molar-refractivity contribution in [3.05, 3.63) is 72.9 Å². The van der Waals surface area contributed by atoms with Crippen LogP contribution in [0.4, 0.5) is 0 Å². The number of phosphoric acid groups is 1. The fourth-order valence-corrected chi connectivity index (χ4v) is 5.74. The fraction of sp³-hybridized carbons (Fsp3) is 0.690. The maximum absolute atomic E-state index is 12.8. The Morgan fingerprint density at radius 1 is 0.712 bits per heavy atom. The largest absolute Gasteiger partial charge is 0.472 e. The lowest BCUT2D eigenvalue weighted by Crippen LogP contribution is -2.45. The van der Waals surface area contributed by atoms with Gasteiger partial charge in [-0.1, -0.05) is 125 Å². The van der Waals surface area contributed by atoms with Crippen molar-refractivity contribution in [3.8, 4) is 0 Å². The van der Waals surface area contributed by atoms with E-state index in [1.165, 1.54) is 38.5 Å². The van der Waals surface area contributed by atoms with Gasteiger partial charge in [-0.25, -0.2) is 4.57 Å². The quantitative estimate of drug-likeness (QED) is 0.0224. The highest BCUT2D eigenvalue weighted by Gasteiger charge is 2.27. The highest BCUT2D eigenvalue weighted by molar-refractivity contribution is 7.47. The highest BCUT2D eigenvalue weighted by atomic mass is 31.2. The third-order valence-corrected chi connectivity index (χ3v) is 9.19. The van der Waals surface area contributed by atoms with Gasteiger partial charge in [0.15, 0.2) is 0 Å². The normalized spacial score (nSPS) is 15.9. The first kappa shape index (κ1) is 49.9. The number of amides is 1. The second-order valence-electron chi connectivity index (χ2n) is 14.5. The summed E-state index contributed by atoms with van der Waals surface area (Å²) >= 11 is 0. The van der Waals surface area contributed by atoms with E-state index in [2.05, 4.69) is 73.8 Å². The average molecular weight is 752 g/mol. The van der Waals surface area contributed by atoms with Gasteiger partial charge in [-0.3, -0.25) is 13.8 Å². The Kier molecular flexibility index (Phi) is 32.1. The number of aliphatic hydroxyl groups is 2. The lowest BCUT2D eigenvalue weighted by atomic mass is 10.1. The van der Waals surface area contributed by atoms with Crippen LogP contribution in [0.15, 0.2) is 72.9 Å². The number of aliphatic hydroxyl groups excluding tert-OH is 2. The lowest BCUT2D eigenvalue weighted by molar-refractivity contribution is -0.870.